The third-order valence-corrected chi connectivity index (χ3v) is 4.96. The fraction of sp³-hybridized carbons (Fsp3) is 0.316. The minimum absolute atomic E-state index is 0.0378. The Morgan fingerprint density at radius 2 is 2.04 bits per heavy atom. The predicted molar refractivity (Wildman–Crippen MR) is 97.7 cm³/mol. The number of rotatable bonds is 4. The van der Waals surface area contributed by atoms with Crippen molar-refractivity contribution in [3.05, 3.63) is 64.1 Å². The summed E-state index contributed by atoms with van der Waals surface area (Å²) in [6.45, 7) is 2.47. The lowest BCUT2D eigenvalue weighted by molar-refractivity contribution is -0.126. The standard InChI is InChI=1S/C19H21BrN2O2/c1-12(18(21)13-5-3-2-4-6-13)19(23)22-16-9-10-24-17-8-7-14(20)11-15(16)17/h2-8,11-12,16,18H,9-10,21H2,1H3,(H,22,23)/t12-,16-,18+/m0/s1. The lowest BCUT2D eigenvalue weighted by Crippen LogP contribution is -2.39. The monoisotopic (exact) mass is 388 g/mol. The van der Waals surface area contributed by atoms with Gasteiger partial charge in [0.15, 0.2) is 0 Å². The highest BCUT2D eigenvalue weighted by atomic mass is 79.9. The van der Waals surface area contributed by atoms with Gasteiger partial charge in [-0.25, -0.2) is 0 Å². The predicted octanol–water partition coefficient (Wildman–Crippen LogP) is 3.73. The van der Waals surface area contributed by atoms with Gasteiger partial charge in [-0.05, 0) is 23.8 Å². The summed E-state index contributed by atoms with van der Waals surface area (Å²) in [6.07, 6.45) is 0.752. The average Bonchev–Trinajstić information content (AvgIpc) is 2.61. The van der Waals surface area contributed by atoms with E-state index in [9.17, 15) is 4.79 Å². The summed E-state index contributed by atoms with van der Waals surface area (Å²) in [5, 5.41) is 3.13. The van der Waals surface area contributed by atoms with Crippen molar-refractivity contribution in [1.82, 2.24) is 5.32 Å². The number of amides is 1. The molecule has 3 atom stereocenters. The molecule has 1 amide bonds. The summed E-state index contributed by atoms with van der Waals surface area (Å²) in [5.41, 5.74) is 8.24. The zero-order chi connectivity index (χ0) is 17.1. The number of ether oxygens (including phenoxy) is 1. The maximum atomic E-state index is 12.7. The Morgan fingerprint density at radius 1 is 1.29 bits per heavy atom. The smallest absolute Gasteiger partial charge is 0.225 e. The van der Waals surface area contributed by atoms with Gasteiger partial charge in [-0.15, -0.1) is 0 Å². The van der Waals surface area contributed by atoms with Crippen molar-refractivity contribution in [1.29, 1.82) is 0 Å². The lowest BCUT2D eigenvalue weighted by Gasteiger charge is -2.29. The molecule has 0 saturated carbocycles. The van der Waals surface area contributed by atoms with E-state index in [-0.39, 0.29) is 23.9 Å². The van der Waals surface area contributed by atoms with Crippen LogP contribution >= 0.6 is 15.9 Å². The van der Waals surface area contributed by atoms with Crippen LogP contribution in [-0.4, -0.2) is 12.5 Å². The molecule has 3 N–H and O–H groups in total. The highest BCUT2D eigenvalue weighted by Crippen LogP contribution is 2.34. The molecule has 24 heavy (non-hydrogen) atoms. The van der Waals surface area contributed by atoms with E-state index in [4.69, 9.17) is 10.5 Å². The van der Waals surface area contributed by atoms with Gasteiger partial charge < -0.3 is 15.8 Å². The molecule has 0 bridgehead atoms. The molecule has 4 nitrogen and oxygen atoms in total. The minimum Gasteiger partial charge on any atom is -0.493 e. The summed E-state index contributed by atoms with van der Waals surface area (Å²) in [6, 6.07) is 15.2. The normalized spacial score (nSPS) is 18.9. The zero-order valence-corrected chi connectivity index (χ0v) is 15.1. The number of fused-ring (bicyclic) bond motifs is 1. The Kier molecular flexibility index (Phi) is 5.21. The number of nitrogens with two attached hydrogens (primary N) is 1. The fourth-order valence-electron chi connectivity index (χ4n) is 2.95. The molecule has 0 spiro atoms. The third kappa shape index (κ3) is 3.62. The van der Waals surface area contributed by atoms with Gasteiger partial charge in [-0.3, -0.25) is 4.79 Å². The number of halogens is 1. The summed E-state index contributed by atoms with van der Waals surface area (Å²) in [4.78, 5) is 12.7. The van der Waals surface area contributed by atoms with Gasteiger partial charge >= 0.3 is 0 Å². The van der Waals surface area contributed by atoms with Crippen LogP contribution in [0.2, 0.25) is 0 Å². The second-order valence-electron chi connectivity index (χ2n) is 6.11. The Hall–Kier alpha value is -1.85. The van der Waals surface area contributed by atoms with Crippen LogP contribution in [0.4, 0.5) is 0 Å². The molecule has 5 heteroatoms. The Balaban J connectivity index is 1.73. The van der Waals surface area contributed by atoms with Gasteiger partial charge in [0, 0.05) is 22.5 Å². The second-order valence-corrected chi connectivity index (χ2v) is 7.02. The molecule has 0 unspecified atom stereocenters. The number of benzene rings is 2. The van der Waals surface area contributed by atoms with Crippen LogP contribution in [0.5, 0.6) is 5.75 Å². The van der Waals surface area contributed by atoms with Gasteiger partial charge in [-0.1, -0.05) is 53.2 Å². The maximum Gasteiger partial charge on any atom is 0.225 e. The number of carbonyl (C=O) groups excluding carboxylic acids is 1. The first-order chi connectivity index (χ1) is 11.6. The van der Waals surface area contributed by atoms with Crippen LogP contribution < -0.4 is 15.8 Å². The molecule has 0 radical (unpaired) electrons. The molecule has 1 aliphatic rings. The molecule has 1 aliphatic heterocycles. The highest BCUT2D eigenvalue weighted by Gasteiger charge is 2.28. The molecule has 2 aromatic carbocycles. The Bertz CT molecular complexity index is 721. The molecular formula is C19H21BrN2O2. The van der Waals surface area contributed by atoms with Crippen LogP contribution in [0.15, 0.2) is 53.0 Å². The molecule has 2 aromatic rings. The largest absolute Gasteiger partial charge is 0.493 e. The van der Waals surface area contributed by atoms with Crippen molar-refractivity contribution in [3.63, 3.8) is 0 Å². The summed E-state index contributed by atoms with van der Waals surface area (Å²) in [5.74, 6) is 0.477. The van der Waals surface area contributed by atoms with Crippen LogP contribution in [0.1, 0.15) is 36.6 Å². The molecule has 0 fully saturated rings. The number of nitrogens with one attached hydrogen (secondary N) is 1. The van der Waals surface area contributed by atoms with Crippen molar-refractivity contribution in [2.24, 2.45) is 11.7 Å². The molecule has 0 aliphatic carbocycles. The summed E-state index contributed by atoms with van der Waals surface area (Å²) >= 11 is 3.48. The van der Waals surface area contributed by atoms with E-state index in [1.165, 1.54) is 0 Å². The van der Waals surface area contributed by atoms with Crippen molar-refractivity contribution in [2.45, 2.75) is 25.4 Å². The molecule has 3 rings (SSSR count). The van der Waals surface area contributed by atoms with E-state index in [1.54, 1.807) is 0 Å². The topological polar surface area (TPSA) is 64.3 Å². The van der Waals surface area contributed by atoms with Crippen LogP contribution in [-0.2, 0) is 4.79 Å². The van der Waals surface area contributed by atoms with E-state index in [1.807, 2.05) is 55.5 Å². The molecule has 0 saturated heterocycles. The van der Waals surface area contributed by atoms with E-state index in [2.05, 4.69) is 21.2 Å². The van der Waals surface area contributed by atoms with Gasteiger partial charge in [-0.2, -0.15) is 0 Å². The van der Waals surface area contributed by atoms with E-state index >= 15 is 0 Å². The lowest BCUT2D eigenvalue weighted by atomic mass is 9.93. The quantitative estimate of drug-likeness (QED) is 0.838. The van der Waals surface area contributed by atoms with Crippen molar-refractivity contribution in [2.75, 3.05) is 6.61 Å². The van der Waals surface area contributed by atoms with Crippen LogP contribution in [0, 0.1) is 5.92 Å². The second kappa shape index (κ2) is 7.36. The summed E-state index contributed by atoms with van der Waals surface area (Å²) < 4.78 is 6.64. The third-order valence-electron chi connectivity index (χ3n) is 4.46. The maximum absolute atomic E-state index is 12.7. The van der Waals surface area contributed by atoms with E-state index < -0.39 is 0 Å². The first-order valence-corrected chi connectivity index (χ1v) is 8.88. The fourth-order valence-corrected chi connectivity index (χ4v) is 3.32. The highest BCUT2D eigenvalue weighted by molar-refractivity contribution is 9.10. The van der Waals surface area contributed by atoms with Gasteiger partial charge in [0.05, 0.1) is 18.6 Å². The molecule has 1 heterocycles. The first kappa shape index (κ1) is 17.0. The van der Waals surface area contributed by atoms with Crippen LogP contribution in [0.25, 0.3) is 0 Å². The van der Waals surface area contributed by atoms with E-state index in [0.29, 0.717) is 6.61 Å². The molecule has 126 valence electrons. The number of carbonyl (C=O) groups is 1. The minimum atomic E-state index is -0.326. The van der Waals surface area contributed by atoms with Crippen molar-refractivity contribution in [3.8, 4) is 5.75 Å². The Morgan fingerprint density at radius 3 is 2.79 bits per heavy atom. The van der Waals surface area contributed by atoms with Crippen molar-refractivity contribution < 1.29 is 9.53 Å². The van der Waals surface area contributed by atoms with E-state index in [0.717, 1.165) is 27.8 Å². The molecular weight excluding hydrogens is 368 g/mol. The first-order valence-electron chi connectivity index (χ1n) is 8.09. The van der Waals surface area contributed by atoms with Gasteiger partial charge in [0.2, 0.25) is 5.91 Å². The zero-order valence-electron chi connectivity index (χ0n) is 13.5. The van der Waals surface area contributed by atoms with Crippen LogP contribution in [0.3, 0.4) is 0 Å². The summed E-state index contributed by atoms with van der Waals surface area (Å²) in [7, 11) is 0. The molecule has 0 aromatic heterocycles. The number of hydrogen-bond acceptors (Lipinski definition) is 3. The number of hydrogen-bond donors (Lipinski definition) is 2. The van der Waals surface area contributed by atoms with Crippen molar-refractivity contribution >= 4 is 21.8 Å². The average molecular weight is 389 g/mol. The van der Waals surface area contributed by atoms with Gasteiger partial charge in [0.1, 0.15) is 5.75 Å². The van der Waals surface area contributed by atoms with Gasteiger partial charge in [0.25, 0.3) is 0 Å². The Labute approximate surface area is 150 Å². The SMILES string of the molecule is C[C@H](C(=O)N[C@H]1CCOc2ccc(Br)cc21)[C@@H](N)c1ccccc1.